The van der Waals surface area contributed by atoms with Crippen molar-refractivity contribution in [2.75, 3.05) is 60.6 Å². The van der Waals surface area contributed by atoms with Crippen LogP contribution in [0.5, 0.6) is 17.2 Å². The van der Waals surface area contributed by atoms with Crippen LogP contribution in [0.4, 0.5) is 0 Å². The molecule has 1 aromatic rings. The lowest BCUT2D eigenvalue weighted by molar-refractivity contribution is -0.122. The Balaban J connectivity index is 1.41. The zero-order chi connectivity index (χ0) is 24.5. The summed E-state index contributed by atoms with van der Waals surface area (Å²) in [5, 5.41) is 3.09. The molecule has 2 heterocycles. The number of piperidine rings is 2. The van der Waals surface area contributed by atoms with Gasteiger partial charge in [-0.05, 0) is 69.2 Å². The maximum absolute atomic E-state index is 13.1. The van der Waals surface area contributed by atoms with Gasteiger partial charge in [-0.3, -0.25) is 9.59 Å². The number of carbonyl (C=O) groups excluding carboxylic acids is 2. The van der Waals surface area contributed by atoms with Gasteiger partial charge >= 0.3 is 0 Å². The largest absolute Gasteiger partial charge is 0.493 e. The monoisotopic (exact) mass is 475 g/mol. The Labute approximate surface area is 203 Å². The van der Waals surface area contributed by atoms with E-state index < -0.39 is 0 Å². The molecule has 2 aliphatic rings. The van der Waals surface area contributed by atoms with Crippen molar-refractivity contribution < 1.29 is 23.8 Å². The Morgan fingerprint density at radius 1 is 1.00 bits per heavy atom. The zero-order valence-electron chi connectivity index (χ0n) is 21.2. The van der Waals surface area contributed by atoms with Gasteiger partial charge in [0.1, 0.15) is 0 Å². The highest BCUT2D eigenvalue weighted by Gasteiger charge is 2.27. The highest BCUT2D eigenvalue weighted by molar-refractivity contribution is 5.95. The Bertz CT molecular complexity index is 798. The van der Waals surface area contributed by atoms with Gasteiger partial charge in [0.05, 0.1) is 21.3 Å². The average molecular weight is 476 g/mol. The molecule has 0 radical (unpaired) electrons. The number of hydrogen-bond acceptors (Lipinski definition) is 6. The minimum absolute atomic E-state index is 0.0609. The molecule has 0 bridgehead atoms. The summed E-state index contributed by atoms with van der Waals surface area (Å²) in [5.41, 5.74) is 0.508. The Morgan fingerprint density at radius 2 is 1.68 bits per heavy atom. The molecule has 1 N–H and O–H groups in total. The molecule has 2 saturated heterocycles. The Morgan fingerprint density at radius 3 is 2.26 bits per heavy atom. The van der Waals surface area contributed by atoms with Crippen molar-refractivity contribution in [1.29, 1.82) is 0 Å². The third kappa shape index (κ3) is 7.01. The molecule has 0 aliphatic carbocycles. The highest BCUT2D eigenvalue weighted by atomic mass is 16.5. The fourth-order valence-electron chi connectivity index (χ4n) is 5.08. The van der Waals surface area contributed by atoms with Crippen LogP contribution in [0.3, 0.4) is 0 Å². The Kier molecular flexibility index (Phi) is 9.86. The topological polar surface area (TPSA) is 80.3 Å². The molecule has 0 aromatic heterocycles. The molecule has 1 atom stereocenters. The van der Waals surface area contributed by atoms with Crippen LogP contribution in [-0.2, 0) is 4.79 Å². The molecule has 0 saturated carbocycles. The lowest BCUT2D eigenvalue weighted by Gasteiger charge is -2.32. The maximum atomic E-state index is 13.1. The van der Waals surface area contributed by atoms with Crippen LogP contribution in [0.1, 0.15) is 55.8 Å². The van der Waals surface area contributed by atoms with Crippen LogP contribution >= 0.6 is 0 Å². The second-order valence-electron chi connectivity index (χ2n) is 9.61. The SMILES string of the molecule is COc1cc(C(=O)N2CCC(CC(=O)NCCCN3CCC[C@H](C)C3)CC2)cc(OC)c1OC. The molecule has 2 fully saturated rings. The van der Waals surface area contributed by atoms with E-state index in [0.717, 1.165) is 38.3 Å². The van der Waals surface area contributed by atoms with Crippen LogP contribution in [0, 0.1) is 11.8 Å². The van der Waals surface area contributed by atoms with Gasteiger partial charge < -0.3 is 29.3 Å². The smallest absolute Gasteiger partial charge is 0.254 e. The van der Waals surface area contributed by atoms with Crippen LogP contribution in [0.15, 0.2) is 12.1 Å². The van der Waals surface area contributed by atoms with Crippen molar-refractivity contribution >= 4 is 11.8 Å². The first kappa shape index (κ1) is 26.1. The number of carbonyl (C=O) groups is 2. The van der Waals surface area contributed by atoms with Crippen molar-refractivity contribution in [3.8, 4) is 17.2 Å². The maximum Gasteiger partial charge on any atom is 0.254 e. The normalized spacial score (nSPS) is 19.5. The molecule has 8 heteroatoms. The van der Waals surface area contributed by atoms with E-state index in [1.54, 1.807) is 12.1 Å². The van der Waals surface area contributed by atoms with E-state index in [-0.39, 0.29) is 11.8 Å². The number of rotatable bonds is 10. The average Bonchev–Trinajstić information content (AvgIpc) is 2.85. The summed E-state index contributed by atoms with van der Waals surface area (Å²) in [6.07, 6.45) is 5.81. The summed E-state index contributed by atoms with van der Waals surface area (Å²) >= 11 is 0. The third-order valence-electron chi connectivity index (χ3n) is 7.00. The van der Waals surface area contributed by atoms with Crippen molar-refractivity contribution in [3.05, 3.63) is 17.7 Å². The molecule has 8 nitrogen and oxygen atoms in total. The van der Waals surface area contributed by atoms with Gasteiger partial charge in [0, 0.05) is 38.2 Å². The lowest BCUT2D eigenvalue weighted by atomic mass is 9.92. The number of nitrogens with zero attached hydrogens (tertiary/aromatic N) is 2. The second kappa shape index (κ2) is 12.8. The number of amides is 2. The van der Waals surface area contributed by atoms with Gasteiger partial charge in [-0.15, -0.1) is 0 Å². The molecular formula is C26H41N3O5. The fourth-order valence-corrected chi connectivity index (χ4v) is 5.08. The number of methoxy groups -OCH3 is 3. The summed E-state index contributed by atoms with van der Waals surface area (Å²) in [5.74, 6) is 2.56. The number of ether oxygens (including phenoxy) is 3. The van der Waals surface area contributed by atoms with E-state index in [1.165, 1.54) is 47.3 Å². The first-order valence-electron chi connectivity index (χ1n) is 12.5. The van der Waals surface area contributed by atoms with E-state index in [2.05, 4.69) is 17.1 Å². The predicted molar refractivity (Wildman–Crippen MR) is 132 cm³/mol. The van der Waals surface area contributed by atoms with Crippen molar-refractivity contribution in [3.63, 3.8) is 0 Å². The second-order valence-corrected chi connectivity index (χ2v) is 9.61. The molecule has 190 valence electrons. The summed E-state index contributed by atoms with van der Waals surface area (Å²) in [4.78, 5) is 29.8. The van der Waals surface area contributed by atoms with E-state index in [9.17, 15) is 9.59 Å². The number of benzene rings is 1. The first-order chi connectivity index (χ1) is 16.4. The molecule has 1 aromatic carbocycles. The van der Waals surface area contributed by atoms with Gasteiger partial charge in [0.25, 0.3) is 5.91 Å². The van der Waals surface area contributed by atoms with Gasteiger partial charge in [-0.1, -0.05) is 6.92 Å². The fraction of sp³-hybridized carbons (Fsp3) is 0.692. The van der Waals surface area contributed by atoms with Crippen LogP contribution in [-0.4, -0.2) is 82.2 Å². The number of likely N-dealkylation sites (tertiary alicyclic amines) is 2. The van der Waals surface area contributed by atoms with Crippen molar-refractivity contribution in [2.45, 2.75) is 45.4 Å². The molecule has 34 heavy (non-hydrogen) atoms. The van der Waals surface area contributed by atoms with E-state index in [1.807, 2.05) is 4.90 Å². The molecule has 0 spiro atoms. The van der Waals surface area contributed by atoms with Gasteiger partial charge in [-0.2, -0.15) is 0 Å². The van der Waals surface area contributed by atoms with Gasteiger partial charge in [-0.25, -0.2) is 0 Å². The first-order valence-corrected chi connectivity index (χ1v) is 12.5. The summed E-state index contributed by atoms with van der Waals surface area (Å²) in [6.45, 7) is 7.76. The molecule has 2 aliphatic heterocycles. The lowest BCUT2D eigenvalue weighted by Crippen LogP contribution is -2.40. The van der Waals surface area contributed by atoms with Gasteiger partial charge in [0.15, 0.2) is 11.5 Å². The zero-order valence-corrected chi connectivity index (χ0v) is 21.2. The quantitative estimate of drug-likeness (QED) is 0.524. The van der Waals surface area contributed by atoms with Crippen molar-refractivity contribution in [1.82, 2.24) is 15.1 Å². The third-order valence-corrected chi connectivity index (χ3v) is 7.00. The predicted octanol–water partition coefficient (Wildman–Crippen LogP) is 3.19. The van der Waals surface area contributed by atoms with Crippen LogP contribution in [0.25, 0.3) is 0 Å². The number of nitrogens with one attached hydrogen (secondary N) is 1. The van der Waals surface area contributed by atoms with Crippen LogP contribution < -0.4 is 19.5 Å². The molecule has 3 rings (SSSR count). The van der Waals surface area contributed by atoms with E-state index >= 15 is 0 Å². The molecule has 2 amide bonds. The molecule has 0 unspecified atom stereocenters. The summed E-state index contributed by atoms with van der Waals surface area (Å²) in [7, 11) is 4.62. The molecular weight excluding hydrogens is 434 g/mol. The number of hydrogen-bond donors (Lipinski definition) is 1. The standard InChI is InChI=1S/C26H41N3O5/c1-19-7-5-11-28(18-19)12-6-10-27-24(30)15-20-8-13-29(14-9-20)26(31)21-16-22(32-2)25(34-4)23(17-21)33-3/h16-17,19-20H,5-15,18H2,1-4H3,(H,27,30)/t19-/m0/s1. The summed E-state index contributed by atoms with van der Waals surface area (Å²) < 4.78 is 16.1. The van der Waals surface area contributed by atoms with E-state index in [4.69, 9.17) is 14.2 Å². The highest BCUT2D eigenvalue weighted by Crippen LogP contribution is 2.38. The van der Waals surface area contributed by atoms with Crippen molar-refractivity contribution in [2.24, 2.45) is 11.8 Å². The minimum atomic E-state index is -0.0609. The van der Waals surface area contributed by atoms with Gasteiger partial charge in [0.2, 0.25) is 11.7 Å². The van der Waals surface area contributed by atoms with Crippen LogP contribution in [0.2, 0.25) is 0 Å². The summed E-state index contributed by atoms with van der Waals surface area (Å²) in [6, 6.07) is 3.38. The van der Waals surface area contributed by atoms with E-state index in [0.29, 0.717) is 48.2 Å². The Hall–Kier alpha value is -2.48. The minimum Gasteiger partial charge on any atom is -0.493 e.